The van der Waals surface area contributed by atoms with E-state index in [-0.39, 0.29) is 5.92 Å². The maximum absolute atomic E-state index is 9.51. The number of ether oxygens (including phenoxy) is 1. The third kappa shape index (κ3) is 2.00. The van der Waals surface area contributed by atoms with E-state index in [9.17, 15) is 15.3 Å². The Morgan fingerprint density at radius 3 is 2.08 bits per heavy atom. The number of rotatable bonds is 1. The van der Waals surface area contributed by atoms with Crippen molar-refractivity contribution in [3.8, 4) is 0 Å². The molecule has 1 rings (SSSR count). The van der Waals surface area contributed by atoms with Crippen LogP contribution in [0.2, 0.25) is 0 Å². The molecule has 5 unspecified atom stereocenters. The van der Waals surface area contributed by atoms with Crippen LogP contribution in [0, 0.1) is 5.92 Å². The fourth-order valence-corrected chi connectivity index (χ4v) is 1.48. The molecule has 0 bridgehead atoms. The van der Waals surface area contributed by atoms with Gasteiger partial charge in [-0.3, -0.25) is 0 Å². The summed E-state index contributed by atoms with van der Waals surface area (Å²) in [5, 5.41) is 28.1. The van der Waals surface area contributed by atoms with Crippen molar-refractivity contribution in [1.29, 1.82) is 0 Å². The summed E-state index contributed by atoms with van der Waals surface area (Å²) >= 11 is 0. The average molecular weight is 191 g/mol. The van der Waals surface area contributed by atoms with E-state index < -0.39 is 30.6 Å². The average Bonchev–Trinajstić information content (AvgIpc) is 2.07. The molecule has 5 nitrogen and oxygen atoms in total. The molecule has 1 saturated heterocycles. The van der Waals surface area contributed by atoms with Crippen molar-refractivity contribution in [3.05, 3.63) is 0 Å². The minimum absolute atomic E-state index is 0.0446. The Hall–Kier alpha value is -0.200. The molecule has 0 radical (unpaired) electrons. The quantitative estimate of drug-likeness (QED) is 0.401. The lowest BCUT2D eigenvalue weighted by atomic mass is 9.91. The lowest BCUT2D eigenvalue weighted by Gasteiger charge is -2.40. The summed E-state index contributed by atoms with van der Waals surface area (Å²) in [5.41, 5.74) is 5.42. The van der Waals surface area contributed by atoms with E-state index in [0.717, 1.165) is 0 Å². The Bertz CT molecular complexity index is 176. The van der Waals surface area contributed by atoms with Crippen LogP contribution in [-0.4, -0.2) is 46.0 Å². The first kappa shape index (κ1) is 10.9. The predicted molar refractivity (Wildman–Crippen MR) is 45.7 cm³/mol. The van der Waals surface area contributed by atoms with E-state index in [1.165, 1.54) is 0 Å². The molecule has 1 fully saturated rings. The molecule has 13 heavy (non-hydrogen) atoms. The Labute approximate surface area is 77.1 Å². The first-order valence-electron chi connectivity index (χ1n) is 4.40. The summed E-state index contributed by atoms with van der Waals surface area (Å²) < 4.78 is 5.16. The summed E-state index contributed by atoms with van der Waals surface area (Å²) in [6.45, 7) is 3.70. The van der Waals surface area contributed by atoms with Crippen LogP contribution < -0.4 is 5.73 Å². The number of hydrogen-bond acceptors (Lipinski definition) is 5. The monoisotopic (exact) mass is 191 g/mol. The van der Waals surface area contributed by atoms with E-state index in [4.69, 9.17) is 10.5 Å². The molecule has 0 saturated carbocycles. The highest BCUT2D eigenvalue weighted by molar-refractivity contribution is 4.90. The standard InChI is InChI=1S/C8H17NO4/c1-3(2)7-5(11)4(10)6(12)8(9)13-7/h3-8,10-12H,9H2,1-2H3. The van der Waals surface area contributed by atoms with E-state index in [2.05, 4.69) is 0 Å². The van der Waals surface area contributed by atoms with Crippen LogP contribution in [-0.2, 0) is 4.74 Å². The molecule has 1 aliphatic rings. The zero-order valence-corrected chi connectivity index (χ0v) is 7.79. The molecule has 1 aliphatic heterocycles. The molecule has 0 amide bonds. The molecule has 0 aromatic rings. The first-order chi connectivity index (χ1) is 5.95. The van der Waals surface area contributed by atoms with Gasteiger partial charge in [-0.25, -0.2) is 0 Å². The van der Waals surface area contributed by atoms with Gasteiger partial charge in [0.2, 0.25) is 0 Å². The maximum atomic E-state index is 9.51. The Kier molecular flexibility index (Phi) is 3.26. The van der Waals surface area contributed by atoms with Gasteiger partial charge >= 0.3 is 0 Å². The summed E-state index contributed by atoms with van der Waals surface area (Å²) in [6, 6.07) is 0. The van der Waals surface area contributed by atoms with Crippen LogP contribution in [0.1, 0.15) is 13.8 Å². The zero-order chi connectivity index (χ0) is 10.2. The van der Waals surface area contributed by atoms with Gasteiger partial charge < -0.3 is 25.8 Å². The second-order valence-electron chi connectivity index (χ2n) is 3.78. The van der Waals surface area contributed by atoms with Crippen LogP contribution in [0.4, 0.5) is 0 Å². The van der Waals surface area contributed by atoms with Crippen molar-refractivity contribution in [3.63, 3.8) is 0 Å². The van der Waals surface area contributed by atoms with Crippen molar-refractivity contribution in [1.82, 2.24) is 0 Å². The smallest absolute Gasteiger partial charge is 0.135 e. The highest BCUT2D eigenvalue weighted by Gasteiger charge is 2.43. The number of aliphatic hydroxyl groups is 3. The Morgan fingerprint density at radius 1 is 1.08 bits per heavy atom. The van der Waals surface area contributed by atoms with Crippen molar-refractivity contribution in [2.45, 2.75) is 44.5 Å². The predicted octanol–water partition coefficient (Wildman–Crippen LogP) is -1.59. The third-order valence-corrected chi connectivity index (χ3v) is 2.34. The van der Waals surface area contributed by atoms with Gasteiger partial charge in [0.05, 0.1) is 6.10 Å². The van der Waals surface area contributed by atoms with Crippen LogP contribution in [0.25, 0.3) is 0 Å². The van der Waals surface area contributed by atoms with Crippen molar-refractivity contribution >= 4 is 0 Å². The van der Waals surface area contributed by atoms with Crippen molar-refractivity contribution < 1.29 is 20.1 Å². The minimum Gasteiger partial charge on any atom is -0.388 e. The molecule has 5 atom stereocenters. The van der Waals surface area contributed by atoms with Gasteiger partial charge in [0, 0.05) is 0 Å². The van der Waals surface area contributed by atoms with Crippen LogP contribution in [0.15, 0.2) is 0 Å². The molecule has 1 heterocycles. The zero-order valence-electron chi connectivity index (χ0n) is 7.79. The fraction of sp³-hybridized carbons (Fsp3) is 1.00. The summed E-state index contributed by atoms with van der Waals surface area (Å²) in [5.74, 6) is 0.0446. The topological polar surface area (TPSA) is 95.9 Å². The van der Waals surface area contributed by atoms with E-state index in [0.29, 0.717) is 0 Å². The summed E-state index contributed by atoms with van der Waals surface area (Å²) in [4.78, 5) is 0. The van der Waals surface area contributed by atoms with Gasteiger partial charge in [-0.15, -0.1) is 0 Å². The molecule has 0 aromatic carbocycles. The van der Waals surface area contributed by atoms with Gasteiger partial charge in [0.25, 0.3) is 0 Å². The number of hydrogen-bond donors (Lipinski definition) is 4. The van der Waals surface area contributed by atoms with Gasteiger partial charge in [-0.1, -0.05) is 13.8 Å². The van der Waals surface area contributed by atoms with Gasteiger partial charge in [0.1, 0.15) is 24.5 Å². The number of aliphatic hydroxyl groups excluding tert-OH is 3. The Balaban J connectivity index is 2.70. The normalized spacial score (nSPS) is 46.8. The summed E-state index contributed by atoms with van der Waals surface area (Å²) in [7, 11) is 0. The van der Waals surface area contributed by atoms with E-state index in [1.54, 1.807) is 0 Å². The lowest BCUT2D eigenvalue weighted by molar-refractivity contribution is -0.230. The fourth-order valence-electron chi connectivity index (χ4n) is 1.48. The van der Waals surface area contributed by atoms with E-state index >= 15 is 0 Å². The maximum Gasteiger partial charge on any atom is 0.135 e. The second kappa shape index (κ2) is 3.89. The molecular weight excluding hydrogens is 174 g/mol. The van der Waals surface area contributed by atoms with Crippen LogP contribution in [0.5, 0.6) is 0 Å². The third-order valence-electron chi connectivity index (χ3n) is 2.34. The second-order valence-corrected chi connectivity index (χ2v) is 3.78. The van der Waals surface area contributed by atoms with Crippen molar-refractivity contribution in [2.75, 3.05) is 0 Å². The highest BCUT2D eigenvalue weighted by atomic mass is 16.5. The summed E-state index contributed by atoms with van der Waals surface area (Å²) in [6.07, 6.45) is -4.96. The highest BCUT2D eigenvalue weighted by Crippen LogP contribution is 2.23. The first-order valence-corrected chi connectivity index (χ1v) is 4.40. The van der Waals surface area contributed by atoms with Crippen LogP contribution in [0.3, 0.4) is 0 Å². The lowest BCUT2D eigenvalue weighted by Crippen LogP contribution is -2.61. The number of nitrogens with two attached hydrogens (primary N) is 1. The van der Waals surface area contributed by atoms with Gasteiger partial charge in [-0.05, 0) is 5.92 Å². The minimum atomic E-state index is -1.23. The molecule has 5 heteroatoms. The van der Waals surface area contributed by atoms with Crippen molar-refractivity contribution in [2.24, 2.45) is 11.7 Å². The largest absolute Gasteiger partial charge is 0.388 e. The van der Waals surface area contributed by atoms with Gasteiger partial charge in [-0.2, -0.15) is 0 Å². The van der Waals surface area contributed by atoms with Crippen LogP contribution >= 0.6 is 0 Å². The molecule has 5 N–H and O–H groups in total. The SMILES string of the molecule is CC(C)C1OC(N)C(O)C(O)C1O. The van der Waals surface area contributed by atoms with Gasteiger partial charge in [0.15, 0.2) is 0 Å². The molecular formula is C8H17NO4. The molecule has 0 aromatic heterocycles. The molecule has 78 valence electrons. The molecule has 0 aliphatic carbocycles. The van der Waals surface area contributed by atoms with E-state index in [1.807, 2.05) is 13.8 Å². The molecule has 0 spiro atoms. The Morgan fingerprint density at radius 2 is 1.62 bits per heavy atom.